The minimum absolute atomic E-state index is 0.106. The third-order valence-corrected chi connectivity index (χ3v) is 8.13. The second-order valence-corrected chi connectivity index (χ2v) is 11.6. The van der Waals surface area contributed by atoms with Crippen molar-refractivity contribution in [3.63, 3.8) is 0 Å². The van der Waals surface area contributed by atoms with Crippen LogP contribution in [0.5, 0.6) is 0 Å². The number of aliphatic carboxylic acids is 2. The Labute approximate surface area is 211 Å². The van der Waals surface area contributed by atoms with Crippen LogP contribution in [-0.2, 0) is 25.2 Å². The molecule has 0 radical (unpaired) electrons. The lowest BCUT2D eigenvalue weighted by Crippen LogP contribution is -2.40. The lowest BCUT2D eigenvalue weighted by molar-refractivity contribution is -0.140. The number of carbonyl (C=O) groups excluding carboxylic acids is 1. The fourth-order valence-electron chi connectivity index (χ4n) is 2.19. The van der Waals surface area contributed by atoms with Crippen molar-refractivity contribution in [2.24, 2.45) is 4.99 Å². The first-order chi connectivity index (χ1) is 15.1. The molecule has 2 unspecified atom stereocenters. The fraction of sp³-hybridized carbons (Fsp3) is 0.789. The number of carbonyl (C=O) groups is 3. The molecule has 0 aromatic heterocycles. The molecule has 0 bridgehead atoms. The third-order valence-electron chi connectivity index (χ3n) is 3.77. The van der Waals surface area contributed by atoms with E-state index in [0.29, 0.717) is 6.42 Å². The van der Waals surface area contributed by atoms with E-state index in [2.05, 4.69) is 40.3 Å². The second kappa shape index (κ2) is 23.6. The Morgan fingerprint density at radius 3 is 2.38 bits per heavy atom. The first-order valence-electron chi connectivity index (χ1n) is 10.1. The minimum Gasteiger partial charge on any atom is -0.481 e. The van der Waals surface area contributed by atoms with E-state index in [9.17, 15) is 18.6 Å². The average molecular weight is 547 g/mol. The Hall–Kier alpha value is -0.590. The molecule has 1 amide bonds. The molecule has 186 valence electrons. The number of hydrogen-bond acceptors (Lipinski definition) is 9. The first-order valence-corrected chi connectivity index (χ1v) is 15.2. The van der Waals surface area contributed by atoms with Crippen LogP contribution >= 0.6 is 46.4 Å². The van der Waals surface area contributed by atoms with Crippen molar-refractivity contribution < 1.29 is 28.8 Å². The van der Waals surface area contributed by atoms with E-state index in [-0.39, 0.29) is 11.7 Å². The van der Waals surface area contributed by atoms with Crippen LogP contribution in [-0.4, -0.2) is 78.8 Å². The number of nitrogens with zero attached hydrogens (tertiary/aromatic N) is 1. The van der Waals surface area contributed by atoms with Crippen molar-refractivity contribution >= 4 is 80.2 Å². The molecular formula is C19H34N2O6S5. The van der Waals surface area contributed by atoms with Gasteiger partial charge in [-0.2, -0.15) is 12.6 Å². The number of carboxylic acids is 2. The van der Waals surface area contributed by atoms with Gasteiger partial charge in [0.1, 0.15) is 6.04 Å². The smallest absolute Gasteiger partial charge is 0.327 e. The summed E-state index contributed by atoms with van der Waals surface area (Å²) in [7, 11) is 3.26. The number of rotatable bonds is 13. The number of amides is 1. The highest BCUT2D eigenvalue weighted by molar-refractivity contribution is 8.77. The topological polar surface area (TPSA) is 133 Å². The van der Waals surface area contributed by atoms with Gasteiger partial charge in [-0.3, -0.25) is 13.8 Å². The lowest BCUT2D eigenvalue weighted by atomic mass is 10.1. The Balaban J connectivity index is 0. The maximum Gasteiger partial charge on any atom is 0.327 e. The van der Waals surface area contributed by atoms with Crippen molar-refractivity contribution in [1.82, 2.24) is 5.32 Å². The molecule has 1 saturated heterocycles. The van der Waals surface area contributed by atoms with Gasteiger partial charge in [0, 0.05) is 59.5 Å². The summed E-state index contributed by atoms with van der Waals surface area (Å²) in [4.78, 5) is 34.4. The molecule has 3 atom stereocenters. The normalized spacial score (nSPS) is 16.2. The van der Waals surface area contributed by atoms with Crippen molar-refractivity contribution in [3.05, 3.63) is 0 Å². The van der Waals surface area contributed by atoms with E-state index in [0.717, 1.165) is 43.2 Å². The number of aliphatic imine (C=N–C) groups is 1. The highest BCUT2D eigenvalue weighted by atomic mass is 33.1. The fourth-order valence-corrected chi connectivity index (χ4v) is 6.16. The van der Waals surface area contributed by atoms with Crippen LogP contribution in [0.15, 0.2) is 4.99 Å². The van der Waals surface area contributed by atoms with Gasteiger partial charge in [-0.05, 0) is 44.3 Å². The number of unbranched alkanes of at least 4 members (excludes halogenated alkanes) is 2. The number of isothiocyanates is 1. The van der Waals surface area contributed by atoms with Crippen LogP contribution in [0.25, 0.3) is 0 Å². The van der Waals surface area contributed by atoms with Crippen LogP contribution in [0.1, 0.15) is 51.9 Å². The van der Waals surface area contributed by atoms with Gasteiger partial charge in [0.05, 0.1) is 5.16 Å². The standard InChI is InChI=1S/C8H14O2S2.C6H11NOS2.C5H9NO3S/c9-8(10)4-2-1-3-7-5-6-11-12-7;1-10(8)5-3-2-4-7-6-9;1-3(7)6-4(2-10)5(8)9/h7H,1-6H2,(H,9,10);2-5H2,1H3;4,10H,2H2,1H3,(H,6,7)(H,8,9)/t;;4-/m..0/s1. The van der Waals surface area contributed by atoms with Crippen molar-refractivity contribution in [3.8, 4) is 0 Å². The van der Waals surface area contributed by atoms with Crippen molar-refractivity contribution in [1.29, 1.82) is 0 Å². The molecule has 1 rings (SSSR count). The average Bonchev–Trinajstić information content (AvgIpc) is 3.23. The second-order valence-electron chi connectivity index (χ2n) is 6.70. The zero-order chi connectivity index (χ0) is 24.8. The highest BCUT2D eigenvalue weighted by Gasteiger charge is 2.16. The zero-order valence-corrected chi connectivity index (χ0v) is 22.6. The van der Waals surface area contributed by atoms with Gasteiger partial charge < -0.3 is 15.5 Å². The molecule has 3 N–H and O–H groups in total. The van der Waals surface area contributed by atoms with E-state index < -0.39 is 28.8 Å². The first kappa shape index (κ1) is 33.6. The molecule has 0 aromatic carbocycles. The predicted octanol–water partition coefficient (Wildman–Crippen LogP) is 3.54. The van der Waals surface area contributed by atoms with Gasteiger partial charge >= 0.3 is 11.9 Å². The number of thiocarbonyl (C=S) groups is 1. The van der Waals surface area contributed by atoms with E-state index in [1.165, 1.54) is 25.5 Å². The number of carboxylic acid groups (broad SMARTS) is 2. The Morgan fingerprint density at radius 2 is 1.97 bits per heavy atom. The predicted molar refractivity (Wildman–Crippen MR) is 142 cm³/mol. The third kappa shape index (κ3) is 25.7. The SMILES string of the molecule is CC(=O)N[C@@H](CS)C(=O)O.CS(=O)CCCCN=C=S.O=C(O)CCCCC1CCSS1. The van der Waals surface area contributed by atoms with Crippen molar-refractivity contribution in [2.45, 2.75) is 63.2 Å². The molecule has 0 spiro atoms. The molecular weight excluding hydrogens is 513 g/mol. The van der Waals surface area contributed by atoms with Gasteiger partial charge in [-0.25, -0.2) is 9.79 Å². The summed E-state index contributed by atoms with van der Waals surface area (Å²) in [6.07, 6.45) is 8.40. The summed E-state index contributed by atoms with van der Waals surface area (Å²) in [5.74, 6) is 0.0611. The summed E-state index contributed by atoms with van der Waals surface area (Å²) >= 11 is 8.11. The molecule has 1 aliphatic heterocycles. The molecule has 32 heavy (non-hydrogen) atoms. The highest BCUT2D eigenvalue weighted by Crippen LogP contribution is 2.39. The van der Waals surface area contributed by atoms with E-state index in [1.807, 2.05) is 21.6 Å². The largest absolute Gasteiger partial charge is 0.481 e. The van der Waals surface area contributed by atoms with Gasteiger partial charge in [0.25, 0.3) is 0 Å². The lowest BCUT2D eigenvalue weighted by Gasteiger charge is -2.08. The maximum atomic E-state index is 10.5. The van der Waals surface area contributed by atoms with Crippen LogP contribution < -0.4 is 5.32 Å². The van der Waals surface area contributed by atoms with Gasteiger partial charge in [-0.1, -0.05) is 28.0 Å². The summed E-state index contributed by atoms with van der Waals surface area (Å²) in [6.45, 7) is 1.99. The Morgan fingerprint density at radius 1 is 1.28 bits per heavy atom. The van der Waals surface area contributed by atoms with E-state index >= 15 is 0 Å². The monoisotopic (exact) mass is 546 g/mol. The van der Waals surface area contributed by atoms with Gasteiger partial charge in [0.2, 0.25) is 5.91 Å². The van der Waals surface area contributed by atoms with Crippen molar-refractivity contribution in [2.75, 3.05) is 30.1 Å². The summed E-state index contributed by atoms with van der Waals surface area (Å²) in [6, 6.07) is -0.874. The minimum atomic E-state index is -1.06. The quantitative estimate of drug-likeness (QED) is 0.0900. The molecule has 1 fully saturated rings. The van der Waals surface area contributed by atoms with Crippen LogP contribution in [0.3, 0.4) is 0 Å². The molecule has 0 aromatic rings. The van der Waals surface area contributed by atoms with Crippen LogP contribution in [0.4, 0.5) is 0 Å². The molecule has 0 aliphatic carbocycles. The number of thiol groups is 1. The van der Waals surface area contributed by atoms with Gasteiger partial charge in [-0.15, -0.1) is 0 Å². The molecule has 8 nitrogen and oxygen atoms in total. The molecule has 1 heterocycles. The Kier molecular flexibility index (Phi) is 24.7. The summed E-state index contributed by atoms with van der Waals surface area (Å²) in [5, 5.41) is 22.1. The number of hydrogen-bond donors (Lipinski definition) is 4. The summed E-state index contributed by atoms with van der Waals surface area (Å²) in [5.41, 5.74) is 0. The summed E-state index contributed by atoms with van der Waals surface area (Å²) < 4.78 is 10.5. The van der Waals surface area contributed by atoms with Gasteiger partial charge in [0.15, 0.2) is 0 Å². The molecule has 1 aliphatic rings. The van der Waals surface area contributed by atoms with Crippen LogP contribution in [0.2, 0.25) is 0 Å². The number of nitrogens with one attached hydrogen (secondary N) is 1. The van der Waals surface area contributed by atoms with E-state index in [1.54, 1.807) is 6.26 Å². The maximum absolute atomic E-state index is 10.5. The van der Waals surface area contributed by atoms with Crippen LogP contribution in [0, 0.1) is 0 Å². The Bertz CT molecular complexity index is 607. The zero-order valence-electron chi connectivity index (χ0n) is 18.5. The molecule has 0 saturated carbocycles. The van der Waals surface area contributed by atoms with E-state index in [4.69, 9.17) is 10.2 Å². The molecule has 13 heteroatoms.